The van der Waals surface area contributed by atoms with Gasteiger partial charge in [0.25, 0.3) is 0 Å². The van der Waals surface area contributed by atoms with Crippen LogP contribution in [0, 0.1) is 10.8 Å². The predicted octanol–water partition coefficient (Wildman–Crippen LogP) is 1.93. The fourth-order valence-electron chi connectivity index (χ4n) is 5.56. The highest BCUT2D eigenvalue weighted by atomic mass is 16.6. The lowest BCUT2D eigenvalue weighted by Gasteiger charge is -2.58. The van der Waals surface area contributed by atoms with Gasteiger partial charge < -0.3 is 24.1 Å². The van der Waals surface area contributed by atoms with Gasteiger partial charge in [-0.05, 0) is 26.7 Å². The third-order valence-corrected chi connectivity index (χ3v) is 7.42. The summed E-state index contributed by atoms with van der Waals surface area (Å²) in [6.45, 7) is 6.41. The van der Waals surface area contributed by atoms with Crippen molar-refractivity contribution in [2.45, 2.75) is 76.8 Å². The van der Waals surface area contributed by atoms with E-state index in [1.54, 1.807) is 0 Å². The summed E-state index contributed by atoms with van der Waals surface area (Å²) >= 11 is 0. The van der Waals surface area contributed by atoms with Crippen LogP contribution >= 0.6 is 0 Å². The fraction of sp³-hybridized carbons (Fsp3) is 0.800. The molecule has 0 aromatic carbocycles. The number of allylic oxidation sites excluding steroid dienone is 1. The Hall–Kier alpha value is -1.24. The number of hydrogen-bond donors (Lipinski definition) is 1. The normalized spacial score (nSPS) is 45.8. The number of aliphatic hydroxyl groups is 1. The largest absolute Gasteiger partial charge is 0.465 e. The topological polar surface area (TPSA) is 85.4 Å². The molecule has 1 N–H and O–H groups in total. The van der Waals surface area contributed by atoms with Crippen LogP contribution in [0.1, 0.15) is 52.9 Å². The Morgan fingerprint density at radius 2 is 2.12 bits per heavy atom. The third-order valence-electron chi connectivity index (χ3n) is 7.42. The Balaban J connectivity index is 1.63. The second kappa shape index (κ2) is 5.88. The van der Waals surface area contributed by atoms with E-state index in [9.17, 15) is 14.7 Å². The van der Waals surface area contributed by atoms with E-state index in [0.29, 0.717) is 13.0 Å². The number of hydrogen-bond acceptors (Lipinski definition) is 6. The van der Waals surface area contributed by atoms with Crippen LogP contribution in [0.4, 0.5) is 0 Å². The van der Waals surface area contributed by atoms with Gasteiger partial charge >= 0.3 is 5.97 Å². The lowest BCUT2D eigenvalue weighted by atomic mass is 9.51. The fourth-order valence-corrected chi connectivity index (χ4v) is 5.56. The van der Waals surface area contributed by atoms with Crippen LogP contribution in [0.2, 0.25) is 0 Å². The number of epoxide rings is 1. The van der Waals surface area contributed by atoms with Crippen molar-refractivity contribution in [3.8, 4) is 0 Å². The van der Waals surface area contributed by atoms with Crippen molar-refractivity contribution in [1.29, 1.82) is 0 Å². The molecular weight excluding hydrogens is 336 g/mol. The molecule has 0 aromatic heterocycles. The standard InChI is InChI=1S/C20H28O6/c1-12-6-7-19(10-24-17(23)5-4-13(2)21)15(8-12)26-16-9-14(22)18(19,3)20(16)11-25-20/h8,14-16,22H,4-7,9-11H2,1-3H3. The number of fused-ring (bicyclic) bond motifs is 2. The number of carbonyl (C=O) groups is 2. The molecule has 26 heavy (non-hydrogen) atoms. The molecular formula is C20H28O6. The highest BCUT2D eigenvalue weighted by Gasteiger charge is 2.81. The minimum atomic E-state index is -0.553. The molecule has 1 spiro atoms. The predicted molar refractivity (Wildman–Crippen MR) is 92.4 cm³/mol. The molecule has 0 radical (unpaired) electrons. The molecule has 4 rings (SSSR count). The molecule has 2 aliphatic carbocycles. The minimum absolute atomic E-state index is 0.0263. The van der Waals surface area contributed by atoms with E-state index in [1.165, 1.54) is 12.5 Å². The van der Waals surface area contributed by atoms with Gasteiger partial charge in [-0.2, -0.15) is 0 Å². The Bertz CT molecular complexity index is 665. The number of ether oxygens (including phenoxy) is 3. The molecule has 2 aliphatic heterocycles. The summed E-state index contributed by atoms with van der Waals surface area (Å²) in [7, 11) is 0. The van der Waals surface area contributed by atoms with E-state index in [-0.39, 0.29) is 43.4 Å². The lowest BCUT2D eigenvalue weighted by Crippen LogP contribution is -2.66. The van der Waals surface area contributed by atoms with E-state index in [2.05, 4.69) is 19.9 Å². The zero-order valence-corrected chi connectivity index (χ0v) is 15.7. The third kappa shape index (κ3) is 2.28. The zero-order valence-electron chi connectivity index (χ0n) is 15.7. The van der Waals surface area contributed by atoms with Crippen molar-refractivity contribution in [3.05, 3.63) is 11.6 Å². The molecule has 2 bridgehead atoms. The van der Waals surface area contributed by atoms with Crippen molar-refractivity contribution in [3.63, 3.8) is 0 Å². The van der Waals surface area contributed by atoms with Crippen LogP contribution in [0.3, 0.4) is 0 Å². The molecule has 6 unspecified atom stereocenters. The molecule has 6 heteroatoms. The van der Waals surface area contributed by atoms with Crippen LogP contribution in [-0.2, 0) is 23.8 Å². The smallest absolute Gasteiger partial charge is 0.306 e. The molecule has 4 aliphatic rings. The van der Waals surface area contributed by atoms with E-state index < -0.39 is 22.5 Å². The van der Waals surface area contributed by atoms with Crippen molar-refractivity contribution in [2.75, 3.05) is 13.2 Å². The average molecular weight is 364 g/mol. The number of ketones is 1. The first-order valence-corrected chi connectivity index (χ1v) is 9.55. The minimum Gasteiger partial charge on any atom is -0.465 e. The van der Waals surface area contributed by atoms with Crippen molar-refractivity contribution in [1.82, 2.24) is 0 Å². The Morgan fingerprint density at radius 1 is 1.38 bits per heavy atom. The molecule has 6 atom stereocenters. The summed E-state index contributed by atoms with van der Waals surface area (Å²) in [5, 5.41) is 11.0. The summed E-state index contributed by atoms with van der Waals surface area (Å²) < 4.78 is 17.9. The highest BCUT2D eigenvalue weighted by Crippen LogP contribution is 2.71. The molecule has 144 valence electrons. The van der Waals surface area contributed by atoms with Gasteiger partial charge in [0.2, 0.25) is 0 Å². The summed E-state index contributed by atoms with van der Waals surface area (Å²) in [5.74, 6) is -0.398. The summed E-state index contributed by atoms with van der Waals surface area (Å²) in [5.41, 5.74) is -0.237. The Kier molecular flexibility index (Phi) is 4.10. The van der Waals surface area contributed by atoms with Crippen LogP contribution < -0.4 is 0 Å². The molecule has 2 heterocycles. The van der Waals surface area contributed by atoms with Crippen LogP contribution in [0.15, 0.2) is 11.6 Å². The maximum atomic E-state index is 12.2. The molecule has 1 saturated carbocycles. The number of carbonyl (C=O) groups excluding carboxylic acids is 2. The summed E-state index contributed by atoms with van der Waals surface area (Å²) in [6.07, 6.45) is 3.78. The van der Waals surface area contributed by atoms with Gasteiger partial charge in [0.15, 0.2) is 0 Å². The number of aliphatic hydroxyl groups excluding tert-OH is 1. The van der Waals surface area contributed by atoms with E-state index in [1.807, 2.05) is 0 Å². The summed E-state index contributed by atoms with van der Waals surface area (Å²) in [4.78, 5) is 23.3. The molecule has 0 aromatic rings. The first-order chi connectivity index (χ1) is 12.2. The maximum Gasteiger partial charge on any atom is 0.306 e. The van der Waals surface area contributed by atoms with E-state index in [4.69, 9.17) is 14.2 Å². The van der Waals surface area contributed by atoms with Crippen molar-refractivity contribution in [2.24, 2.45) is 10.8 Å². The lowest BCUT2D eigenvalue weighted by molar-refractivity contribution is -0.230. The highest BCUT2D eigenvalue weighted by molar-refractivity contribution is 5.81. The van der Waals surface area contributed by atoms with Gasteiger partial charge in [0.05, 0.1) is 31.3 Å². The molecule has 0 amide bonds. The van der Waals surface area contributed by atoms with E-state index >= 15 is 0 Å². The Morgan fingerprint density at radius 3 is 2.77 bits per heavy atom. The number of Topliss-reactive ketones (excluding diaryl/α,β-unsaturated/α-hetero) is 1. The van der Waals surface area contributed by atoms with Crippen molar-refractivity contribution >= 4 is 11.8 Å². The van der Waals surface area contributed by atoms with Gasteiger partial charge in [-0.1, -0.05) is 18.6 Å². The van der Waals surface area contributed by atoms with Gasteiger partial charge in [-0.25, -0.2) is 0 Å². The van der Waals surface area contributed by atoms with Crippen molar-refractivity contribution < 1.29 is 28.9 Å². The van der Waals surface area contributed by atoms with Crippen LogP contribution in [0.25, 0.3) is 0 Å². The molecule has 6 nitrogen and oxygen atoms in total. The number of esters is 1. The Labute approximate surface area is 153 Å². The summed E-state index contributed by atoms with van der Waals surface area (Å²) in [6, 6.07) is 0. The quantitative estimate of drug-likeness (QED) is 0.456. The van der Waals surface area contributed by atoms with Crippen LogP contribution in [0.5, 0.6) is 0 Å². The van der Waals surface area contributed by atoms with Gasteiger partial charge in [0, 0.05) is 23.7 Å². The first-order valence-electron chi connectivity index (χ1n) is 9.55. The SMILES string of the molecule is CC(=O)CCC(=O)OCC12CCC(C)=CC1OC1CC(O)C2(C)C12CO2. The zero-order chi connectivity index (χ0) is 18.7. The maximum absolute atomic E-state index is 12.2. The second-order valence-corrected chi connectivity index (χ2v) is 8.71. The molecule has 3 fully saturated rings. The molecule has 2 saturated heterocycles. The number of rotatable bonds is 5. The van der Waals surface area contributed by atoms with Gasteiger partial charge in [-0.15, -0.1) is 0 Å². The van der Waals surface area contributed by atoms with E-state index in [0.717, 1.165) is 12.8 Å². The van der Waals surface area contributed by atoms with Gasteiger partial charge in [-0.3, -0.25) is 4.79 Å². The second-order valence-electron chi connectivity index (χ2n) is 8.71. The van der Waals surface area contributed by atoms with Gasteiger partial charge in [0.1, 0.15) is 18.0 Å². The van der Waals surface area contributed by atoms with Crippen LogP contribution in [-0.4, -0.2) is 54.0 Å². The average Bonchev–Trinajstić information content (AvgIpc) is 3.36. The monoisotopic (exact) mass is 364 g/mol. The first kappa shape index (κ1) is 18.1.